The first-order valence-corrected chi connectivity index (χ1v) is 3.69. The first kappa shape index (κ1) is 6.19. The number of rotatable bonds is 0. The van der Waals surface area contributed by atoms with Crippen LogP contribution in [0.5, 0.6) is 0 Å². The van der Waals surface area contributed by atoms with Crippen LogP contribution in [0, 0.1) is 0 Å². The van der Waals surface area contributed by atoms with Crippen molar-refractivity contribution >= 4 is 0 Å². The highest BCUT2D eigenvalue weighted by atomic mass is 16.5. The highest BCUT2D eigenvalue weighted by molar-refractivity contribution is 5.08. The van der Waals surface area contributed by atoms with E-state index in [1.165, 1.54) is 5.70 Å². The van der Waals surface area contributed by atoms with E-state index in [0.29, 0.717) is 0 Å². The van der Waals surface area contributed by atoms with Crippen LogP contribution in [-0.4, -0.2) is 37.9 Å². The normalized spacial score (nSPS) is 25.6. The molecule has 0 aliphatic carbocycles. The fraction of sp³-hybridized carbons (Fsp3) is 0.714. The molecule has 0 radical (unpaired) electrons. The molecule has 0 saturated carbocycles. The maximum atomic E-state index is 5.28. The fourth-order valence-electron chi connectivity index (χ4n) is 1.37. The summed E-state index contributed by atoms with van der Waals surface area (Å²) in [5, 5.41) is 3.29. The number of fused-ring (bicyclic) bond motifs is 1. The number of nitrogens with one attached hydrogen (secondary N) is 1. The van der Waals surface area contributed by atoms with Gasteiger partial charge in [-0.2, -0.15) is 0 Å². The minimum atomic E-state index is 0.785. The van der Waals surface area contributed by atoms with Crippen LogP contribution in [0.4, 0.5) is 0 Å². The van der Waals surface area contributed by atoms with Gasteiger partial charge in [0.05, 0.1) is 19.9 Å². The first-order valence-electron chi connectivity index (χ1n) is 3.69. The summed E-state index contributed by atoms with van der Waals surface area (Å²) in [5.74, 6) is 0. The van der Waals surface area contributed by atoms with E-state index in [1.54, 1.807) is 0 Å². The van der Waals surface area contributed by atoms with Gasteiger partial charge in [0.2, 0.25) is 0 Å². The zero-order valence-electron chi connectivity index (χ0n) is 5.97. The maximum Gasteiger partial charge on any atom is 0.0683 e. The third-order valence-electron chi connectivity index (χ3n) is 1.96. The number of hydrogen-bond donors (Lipinski definition) is 1. The Hall–Kier alpha value is -0.540. The fourth-order valence-corrected chi connectivity index (χ4v) is 1.37. The summed E-state index contributed by atoms with van der Waals surface area (Å²) in [4.78, 5) is 2.33. The molecule has 2 heterocycles. The summed E-state index contributed by atoms with van der Waals surface area (Å²) in [6, 6.07) is 0. The lowest BCUT2D eigenvalue weighted by atomic mass is 10.4. The third kappa shape index (κ3) is 1.02. The van der Waals surface area contributed by atoms with E-state index in [2.05, 4.69) is 16.3 Å². The summed E-state index contributed by atoms with van der Waals surface area (Å²) in [7, 11) is 0. The molecule has 0 spiro atoms. The molecule has 0 aromatic rings. The van der Waals surface area contributed by atoms with Crippen molar-refractivity contribution in [2.75, 3.05) is 33.0 Å². The van der Waals surface area contributed by atoms with Crippen LogP contribution in [0.25, 0.3) is 0 Å². The molecule has 1 N–H and O–H groups in total. The van der Waals surface area contributed by atoms with Gasteiger partial charge in [0, 0.05) is 18.8 Å². The van der Waals surface area contributed by atoms with Crippen molar-refractivity contribution in [1.82, 2.24) is 10.2 Å². The second-order valence-electron chi connectivity index (χ2n) is 2.62. The SMILES string of the molecule is C1=C2CNCN2CCOC1. The number of ether oxygens (including phenoxy) is 1. The molecular formula is C7H12N2O. The van der Waals surface area contributed by atoms with Gasteiger partial charge in [-0.3, -0.25) is 5.32 Å². The number of nitrogens with zero attached hydrogens (tertiary/aromatic N) is 1. The molecule has 56 valence electrons. The largest absolute Gasteiger partial charge is 0.375 e. The van der Waals surface area contributed by atoms with Crippen molar-refractivity contribution in [2.45, 2.75) is 0 Å². The lowest BCUT2D eigenvalue weighted by Crippen LogP contribution is -2.23. The Labute approximate surface area is 60.7 Å². The van der Waals surface area contributed by atoms with Crippen LogP contribution in [-0.2, 0) is 4.74 Å². The lowest BCUT2D eigenvalue weighted by Gasteiger charge is -2.14. The zero-order valence-corrected chi connectivity index (χ0v) is 5.97. The van der Waals surface area contributed by atoms with E-state index in [-0.39, 0.29) is 0 Å². The Kier molecular flexibility index (Phi) is 1.61. The minimum Gasteiger partial charge on any atom is -0.375 e. The van der Waals surface area contributed by atoms with Gasteiger partial charge in [0.15, 0.2) is 0 Å². The van der Waals surface area contributed by atoms with Gasteiger partial charge in [-0.25, -0.2) is 0 Å². The topological polar surface area (TPSA) is 24.5 Å². The van der Waals surface area contributed by atoms with Gasteiger partial charge in [-0.05, 0) is 6.08 Å². The predicted molar refractivity (Wildman–Crippen MR) is 38.5 cm³/mol. The molecular weight excluding hydrogens is 128 g/mol. The Balaban J connectivity index is 2.10. The Bertz CT molecular complexity index is 156. The van der Waals surface area contributed by atoms with Crippen LogP contribution < -0.4 is 5.32 Å². The molecule has 0 aromatic carbocycles. The summed E-state index contributed by atoms with van der Waals surface area (Å²) < 4.78 is 5.28. The predicted octanol–water partition coefficient (Wildman–Crippen LogP) is -0.237. The quantitative estimate of drug-likeness (QED) is 0.502. The summed E-state index contributed by atoms with van der Waals surface area (Å²) >= 11 is 0. The average Bonchev–Trinajstić information content (AvgIpc) is 2.28. The van der Waals surface area contributed by atoms with Crippen LogP contribution in [0.2, 0.25) is 0 Å². The van der Waals surface area contributed by atoms with Crippen molar-refractivity contribution in [1.29, 1.82) is 0 Å². The second kappa shape index (κ2) is 2.60. The van der Waals surface area contributed by atoms with Gasteiger partial charge in [-0.1, -0.05) is 0 Å². The van der Waals surface area contributed by atoms with Crippen LogP contribution in [0.3, 0.4) is 0 Å². The lowest BCUT2D eigenvalue weighted by molar-refractivity contribution is 0.152. The van der Waals surface area contributed by atoms with Crippen LogP contribution >= 0.6 is 0 Å². The summed E-state index contributed by atoms with van der Waals surface area (Å²) in [6.45, 7) is 4.70. The summed E-state index contributed by atoms with van der Waals surface area (Å²) in [6.07, 6.45) is 2.16. The van der Waals surface area contributed by atoms with Crippen molar-refractivity contribution in [3.63, 3.8) is 0 Å². The average molecular weight is 140 g/mol. The second-order valence-corrected chi connectivity index (χ2v) is 2.62. The smallest absolute Gasteiger partial charge is 0.0683 e. The van der Waals surface area contributed by atoms with Gasteiger partial charge in [0.25, 0.3) is 0 Å². The van der Waals surface area contributed by atoms with Gasteiger partial charge >= 0.3 is 0 Å². The number of hydrogen-bond acceptors (Lipinski definition) is 3. The highest BCUT2D eigenvalue weighted by Crippen LogP contribution is 2.09. The van der Waals surface area contributed by atoms with Crippen molar-refractivity contribution < 1.29 is 4.74 Å². The highest BCUT2D eigenvalue weighted by Gasteiger charge is 2.16. The van der Waals surface area contributed by atoms with Gasteiger partial charge in [-0.15, -0.1) is 0 Å². The Morgan fingerprint density at radius 3 is 3.60 bits per heavy atom. The summed E-state index contributed by atoms with van der Waals surface area (Å²) in [5.41, 5.74) is 1.40. The van der Waals surface area contributed by atoms with Crippen molar-refractivity contribution in [3.8, 4) is 0 Å². The van der Waals surface area contributed by atoms with Gasteiger partial charge < -0.3 is 9.64 Å². The van der Waals surface area contributed by atoms with E-state index < -0.39 is 0 Å². The molecule has 0 amide bonds. The van der Waals surface area contributed by atoms with Crippen molar-refractivity contribution in [3.05, 3.63) is 11.8 Å². The Morgan fingerprint density at radius 1 is 1.60 bits per heavy atom. The molecule has 1 saturated heterocycles. The third-order valence-corrected chi connectivity index (χ3v) is 1.96. The van der Waals surface area contributed by atoms with Gasteiger partial charge in [0.1, 0.15) is 0 Å². The van der Waals surface area contributed by atoms with E-state index in [4.69, 9.17) is 4.74 Å². The Morgan fingerprint density at radius 2 is 2.60 bits per heavy atom. The zero-order chi connectivity index (χ0) is 6.81. The van der Waals surface area contributed by atoms with E-state index >= 15 is 0 Å². The molecule has 2 aliphatic rings. The maximum absolute atomic E-state index is 5.28. The monoisotopic (exact) mass is 140 g/mol. The molecule has 2 rings (SSSR count). The van der Waals surface area contributed by atoms with E-state index in [1.807, 2.05) is 0 Å². The molecule has 10 heavy (non-hydrogen) atoms. The molecule has 1 fully saturated rings. The molecule has 2 aliphatic heterocycles. The van der Waals surface area contributed by atoms with Crippen LogP contribution in [0.1, 0.15) is 0 Å². The standard InChI is InChI=1S/C7H12N2O/c1-3-10-4-2-9-6-8-5-7(1)9/h1,8H,2-6H2. The van der Waals surface area contributed by atoms with Crippen molar-refractivity contribution in [2.24, 2.45) is 0 Å². The van der Waals surface area contributed by atoms with Crippen LogP contribution in [0.15, 0.2) is 11.8 Å². The molecule has 0 aromatic heterocycles. The minimum absolute atomic E-state index is 0.785. The van der Waals surface area contributed by atoms with E-state index in [9.17, 15) is 0 Å². The van der Waals surface area contributed by atoms with E-state index in [0.717, 1.165) is 33.0 Å². The molecule has 0 bridgehead atoms. The molecule has 0 unspecified atom stereocenters. The first-order chi connectivity index (χ1) is 4.97. The molecule has 3 nitrogen and oxygen atoms in total. The molecule has 0 atom stereocenters. The molecule has 3 heteroatoms.